The number of halogens is 4. The number of aromatic nitrogens is 2. The lowest BCUT2D eigenvalue weighted by atomic mass is 9.91. The average molecular weight is 759 g/mol. The summed E-state index contributed by atoms with van der Waals surface area (Å²) in [4.78, 5) is 24.2. The summed E-state index contributed by atoms with van der Waals surface area (Å²) < 4.78 is 81.0. The quantitative estimate of drug-likeness (QED) is 0.0958. The Morgan fingerprint density at radius 2 is 1.36 bits per heavy atom. The molecular formula is C41H38F4N4O6. The van der Waals surface area contributed by atoms with Crippen LogP contribution in [0.25, 0.3) is 56.2 Å². The number of hydrogen-bond acceptors (Lipinski definition) is 10. The van der Waals surface area contributed by atoms with E-state index in [0.29, 0.717) is 59.2 Å². The summed E-state index contributed by atoms with van der Waals surface area (Å²) in [5.74, 6) is 0.0336. The molecule has 2 fully saturated rings. The lowest BCUT2D eigenvalue weighted by Crippen LogP contribution is -2.44. The molecule has 1 unspecified atom stereocenters. The van der Waals surface area contributed by atoms with Crippen molar-refractivity contribution < 1.29 is 45.4 Å². The van der Waals surface area contributed by atoms with Crippen LogP contribution in [0.5, 0.6) is 11.5 Å². The molecule has 4 aromatic carbocycles. The largest absolute Gasteiger partial charge is 0.460 e. The fourth-order valence-electron chi connectivity index (χ4n) is 7.35. The third-order valence-corrected chi connectivity index (χ3v) is 10.5. The van der Waals surface area contributed by atoms with Gasteiger partial charge in [0.15, 0.2) is 11.2 Å². The molecule has 0 amide bonds. The van der Waals surface area contributed by atoms with Gasteiger partial charge in [-0.3, -0.25) is 9.69 Å². The minimum Gasteiger partial charge on any atom is -0.460 e. The van der Waals surface area contributed by atoms with Crippen LogP contribution in [-0.4, -0.2) is 59.2 Å². The number of nitrogens with zero attached hydrogens (tertiary/aromatic N) is 3. The van der Waals surface area contributed by atoms with Crippen molar-refractivity contribution in [2.24, 2.45) is 0 Å². The van der Waals surface area contributed by atoms with Crippen LogP contribution in [0, 0.1) is 13.8 Å². The monoisotopic (exact) mass is 758 g/mol. The first kappa shape index (κ1) is 36.5. The van der Waals surface area contributed by atoms with Gasteiger partial charge >= 0.3 is 19.2 Å². The number of benzene rings is 4. The van der Waals surface area contributed by atoms with E-state index in [9.17, 15) is 22.4 Å². The predicted octanol–water partition coefficient (Wildman–Crippen LogP) is 9.18. The maximum atomic E-state index is 13.4. The van der Waals surface area contributed by atoms with E-state index in [0.717, 1.165) is 47.2 Å². The van der Waals surface area contributed by atoms with E-state index in [2.05, 4.69) is 17.1 Å². The molecule has 14 heteroatoms. The molecular weight excluding hydrogens is 720 g/mol. The number of alkyl halides is 4. The highest BCUT2D eigenvalue weighted by Crippen LogP contribution is 2.40. The number of likely N-dealkylation sites (tertiary alicyclic amines) is 1. The van der Waals surface area contributed by atoms with Gasteiger partial charge in [-0.15, -0.1) is 0 Å². The molecule has 6 aromatic rings. The number of ether oxygens (including phenoxy) is 3. The van der Waals surface area contributed by atoms with Crippen LogP contribution in [0.4, 0.5) is 17.6 Å². The van der Waals surface area contributed by atoms with E-state index in [1.807, 2.05) is 50.2 Å². The Balaban J connectivity index is 1.11. The first-order valence-electron chi connectivity index (χ1n) is 18.1. The summed E-state index contributed by atoms with van der Waals surface area (Å²) in [6.07, 6.45) is 2.54. The first-order chi connectivity index (χ1) is 26.5. The standard InChI is InChI=1S/C41H38F4N4O6/c1-21-12-14-49(21)19-24-15-31-35(17-33(24)54-40(42)43)52-37(47-31)28-9-4-7-26(22(28)2)27-8-5-10-29(23(27)3)38-48-32-16-25(20-51-39(50)30-11-6-13-46-30)34(55-41(44)45)18-36(32)53-38/h4-5,7-10,15-18,21,30,40-41,46H,6,11-14,19-20H2,1-3H3/t21?,30-/m0/s1. The zero-order valence-electron chi connectivity index (χ0n) is 30.3. The van der Waals surface area contributed by atoms with Gasteiger partial charge in [0.25, 0.3) is 0 Å². The van der Waals surface area contributed by atoms with Crippen LogP contribution in [0.15, 0.2) is 69.5 Å². The number of esters is 1. The first-order valence-corrected chi connectivity index (χ1v) is 18.1. The highest BCUT2D eigenvalue weighted by molar-refractivity contribution is 5.85. The fourth-order valence-corrected chi connectivity index (χ4v) is 7.35. The number of carbonyl (C=O) groups is 1. The van der Waals surface area contributed by atoms with E-state index >= 15 is 0 Å². The zero-order chi connectivity index (χ0) is 38.4. The molecule has 2 saturated heterocycles. The molecule has 10 nitrogen and oxygen atoms in total. The molecule has 0 radical (unpaired) electrons. The molecule has 0 saturated carbocycles. The van der Waals surface area contributed by atoms with Gasteiger partial charge in [0, 0.05) is 53.5 Å². The van der Waals surface area contributed by atoms with Gasteiger partial charge in [0.2, 0.25) is 11.8 Å². The normalized spacial score (nSPS) is 17.4. The van der Waals surface area contributed by atoms with Gasteiger partial charge < -0.3 is 28.4 Å². The molecule has 55 heavy (non-hydrogen) atoms. The second kappa shape index (κ2) is 15.0. The SMILES string of the molecule is Cc1c(-c2nc3cc(COC(=O)[C@@H]4CCCN4)c(OC(F)F)cc3o2)cccc1-c1cccc(-c2nc3cc(CN4CCC4C)c(OC(F)F)cc3o2)c1C. The van der Waals surface area contributed by atoms with E-state index < -0.39 is 25.2 Å². The van der Waals surface area contributed by atoms with Crippen LogP contribution in [0.2, 0.25) is 0 Å². The number of rotatable bonds is 12. The van der Waals surface area contributed by atoms with Gasteiger partial charge in [0.05, 0.1) is 0 Å². The van der Waals surface area contributed by atoms with E-state index in [4.69, 9.17) is 33.0 Å². The summed E-state index contributed by atoms with van der Waals surface area (Å²) in [7, 11) is 0. The van der Waals surface area contributed by atoms with Crippen LogP contribution >= 0.6 is 0 Å². The van der Waals surface area contributed by atoms with Crippen LogP contribution < -0.4 is 14.8 Å². The van der Waals surface area contributed by atoms with Gasteiger partial charge in [0.1, 0.15) is 35.2 Å². The number of carbonyl (C=O) groups excluding carboxylic acids is 1. The van der Waals surface area contributed by atoms with Crippen LogP contribution in [-0.2, 0) is 22.7 Å². The Bertz CT molecular complexity index is 2390. The highest BCUT2D eigenvalue weighted by atomic mass is 19.3. The Kier molecular flexibility index (Phi) is 9.95. The smallest absolute Gasteiger partial charge is 0.387 e. The van der Waals surface area contributed by atoms with Crippen LogP contribution in [0.1, 0.15) is 48.4 Å². The maximum absolute atomic E-state index is 13.4. The summed E-state index contributed by atoms with van der Waals surface area (Å²) in [5.41, 5.74) is 7.19. The number of oxazole rings is 2. The van der Waals surface area contributed by atoms with Gasteiger partial charge in [-0.1, -0.05) is 24.3 Å². The van der Waals surface area contributed by atoms with Crippen molar-refractivity contribution in [1.29, 1.82) is 0 Å². The second-order valence-corrected chi connectivity index (χ2v) is 14.0. The number of hydrogen-bond donors (Lipinski definition) is 1. The van der Waals surface area contributed by atoms with Crippen molar-refractivity contribution in [1.82, 2.24) is 20.2 Å². The molecule has 0 spiro atoms. The lowest BCUT2D eigenvalue weighted by Gasteiger charge is -2.38. The van der Waals surface area contributed by atoms with Crippen molar-refractivity contribution in [3.8, 4) is 45.5 Å². The maximum Gasteiger partial charge on any atom is 0.387 e. The molecule has 2 aliphatic heterocycles. The van der Waals surface area contributed by atoms with Crippen molar-refractivity contribution in [2.45, 2.75) is 78.5 Å². The molecule has 0 bridgehead atoms. The molecule has 4 heterocycles. The molecule has 2 atom stereocenters. The molecule has 286 valence electrons. The van der Waals surface area contributed by atoms with Gasteiger partial charge in [-0.25, -0.2) is 9.97 Å². The van der Waals surface area contributed by atoms with Crippen molar-refractivity contribution >= 4 is 28.2 Å². The summed E-state index contributed by atoms with van der Waals surface area (Å²) in [6, 6.07) is 17.5. The zero-order valence-corrected chi connectivity index (χ0v) is 30.3. The topological polar surface area (TPSA) is 112 Å². The van der Waals surface area contributed by atoms with Crippen molar-refractivity contribution in [2.75, 3.05) is 13.1 Å². The summed E-state index contributed by atoms with van der Waals surface area (Å²) >= 11 is 0. The van der Waals surface area contributed by atoms with Crippen molar-refractivity contribution in [3.05, 3.63) is 82.9 Å². The molecule has 0 aliphatic carbocycles. The van der Waals surface area contributed by atoms with Crippen molar-refractivity contribution in [3.63, 3.8) is 0 Å². The third-order valence-electron chi connectivity index (χ3n) is 10.5. The molecule has 1 N–H and O–H groups in total. The average Bonchev–Trinajstić information content (AvgIpc) is 3.92. The number of fused-ring (bicyclic) bond motifs is 2. The van der Waals surface area contributed by atoms with Gasteiger partial charge in [-0.05, 0) is 93.1 Å². The second-order valence-electron chi connectivity index (χ2n) is 14.0. The Morgan fingerprint density at radius 3 is 1.85 bits per heavy atom. The van der Waals surface area contributed by atoms with E-state index in [1.54, 1.807) is 6.07 Å². The van der Waals surface area contributed by atoms with E-state index in [1.165, 1.54) is 18.2 Å². The predicted molar refractivity (Wildman–Crippen MR) is 196 cm³/mol. The van der Waals surface area contributed by atoms with Crippen LogP contribution in [0.3, 0.4) is 0 Å². The van der Waals surface area contributed by atoms with E-state index in [-0.39, 0.29) is 35.1 Å². The Hall–Kier alpha value is -5.47. The number of nitrogens with one attached hydrogen (secondary N) is 1. The van der Waals surface area contributed by atoms with Gasteiger partial charge in [-0.2, -0.15) is 17.6 Å². The summed E-state index contributed by atoms with van der Waals surface area (Å²) in [5, 5.41) is 3.06. The third kappa shape index (κ3) is 7.35. The highest BCUT2D eigenvalue weighted by Gasteiger charge is 2.27. The molecule has 2 aliphatic rings. The minimum absolute atomic E-state index is 0.0655. The Labute approximate surface area is 313 Å². The lowest BCUT2D eigenvalue weighted by molar-refractivity contribution is -0.147. The molecule has 8 rings (SSSR count). The Morgan fingerprint density at radius 1 is 0.818 bits per heavy atom. The summed E-state index contributed by atoms with van der Waals surface area (Å²) in [6.45, 7) is 1.68. The minimum atomic E-state index is -3.10. The fraction of sp³-hybridized carbons (Fsp3) is 0.341. The molecule has 2 aromatic heterocycles.